The maximum absolute atomic E-state index is 12.3. The first-order valence-corrected chi connectivity index (χ1v) is 7.82. The number of hydrogen-bond acceptors (Lipinski definition) is 4. The molecule has 0 heterocycles. The first kappa shape index (κ1) is 19.6. The van der Waals surface area contributed by atoms with Crippen LogP contribution in [0.4, 0.5) is 0 Å². The fourth-order valence-electron chi connectivity index (χ4n) is 2.52. The van der Waals surface area contributed by atoms with Gasteiger partial charge < -0.3 is 20.5 Å². The summed E-state index contributed by atoms with van der Waals surface area (Å²) < 4.78 is 11.4. The lowest BCUT2D eigenvalue weighted by atomic mass is 10.0. The number of rotatable bonds is 6. The van der Waals surface area contributed by atoms with E-state index in [4.69, 9.17) is 15.2 Å². The number of methoxy groups -OCH3 is 1. The Morgan fingerprint density at radius 1 is 1.30 bits per heavy atom. The van der Waals surface area contributed by atoms with Crippen LogP contribution in [-0.4, -0.2) is 31.2 Å². The molecule has 1 fully saturated rings. The smallest absolute Gasteiger partial charge is 0.251 e. The van der Waals surface area contributed by atoms with Gasteiger partial charge in [0, 0.05) is 17.6 Å². The number of halogens is 1. The first-order valence-electron chi connectivity index (χ1n) is 7.82. The second-order valence-corrected chi connectivity index (χ2v) is 6.43. The van der Waals surface area contributed by atoms with Crippen LogP contribution in [-0.2, 0) is 0 Å². The molecule has 1 aromatic rings. The molecule has 1 aromatic carbocycles. The third-order valence-electron chi connectivity index (χ3n) is 3.98. The number of hydrogen-bond donors (Lipinski definition) is 2. The largest absolute Gasteiger partial charge is 0.493 e. The zero-order valence-corrected chi connectivity index (χ0v) is 14.9. The normalized spacial score (nSPS) is 15.0. The van der Waals surface area contributed by atoms with E-state index < -0.39 is 5.54 Å². The second-order valence-electron chi connectivity index (χ2n) is 6.43. The van der Waals surface area contributed by atoms with Crippen molar-refractivity contribution in [1.82, 2.24) is 5.32 Å². The van der Waals surface area contributed by atoms with Gasteiger partial charge >= 0.3 is 0 Å². The summed E-state index contributed by atoms with van der Waals surface area (Å²) in [7, 11) is 1.59. The summed E-state index contributed by atoms with van der Waals surface area (Å²) >= 11 is 0. The Kier molecular flexibility index (Phi) is 7.16. The average Bonchev–Trinajstić information content (AvgIpc) is 3.00. The van der Waals surface area contributed by atoms with Gasteiger partial charge in [0.15, 0.2) is 11.5 Å². The van der Waals surface area contributed by atoms with Gasteiger partial charge in [0.05, 0.1) is 13.2 Å². The molecule has 5 nitrogen and oxygen atoms in total. The molecule has 3 N–H and O–H groups in total. The molecule has 1 aliphatic carbocycles. The highest BCUT2D eigenvalue weighted by Gasteiger charge is 2.22. The third kappa shape index (κ3) is 5.29. The molecule has 0 atom stereocenters. The van der Waals surface area contributed by atoms with E-state index in [9.17, 15) is 4.79 Å². The van der Waals surface area contributed by atoms with Gasteiger partial charge in [0.1, 0.15) is 0 Å². The van der Waals surface area contributed by atoms with Crippen LogP contribution in [0.1, 0.15) is 49.9 Å². The molecule has 0 spiro atoms. The van der Waals surface area contributed by atoms with E-state index >= 15 is 0 Å². The summed E-state index contributed by atoms with van der Waals surface area (Å²) in [5.74, 6) is 1.12. The van der Waals surface area contributed by atoms with Crippen LogP contribution < -0.4 is 20.5 Å². The van der Waals surface area contributed by atoms with Crippen molar-refractivity contribution < 1.29 is 14.3 Å². The van der Waals surface area contributed by atoms with Crippen molar-refractivity contribution in [3.63, 3.8) is 0 Å². The average molecular weight is 343 g/mol. The molecule has 0 aromatic heterocycles. The van der Waals surface area contributed by atoms with Crippen LogP contribution in [0.3, 0.4) is 0 Å². The van der Waals surface area contributed by atoms with Gasteiger partial charge in [-0.1, -0.05) is 0 Å². The molecule has 1 aliphatic rings. The van der Waals surface area contributed by atoms with Crippen LogP contribution in [0.15, 0.2) is 18.2 Å². The molecule has 23 heavy (non-hydrogen) atoms. The minimum absolute atomic E-state index is 0. The molecular weight excluding hydrogens is 316 g/mol. The molecule has 1 amide bonds. The number of benzene rings is 1. The lowest BCUT2D eigenvalue weighted by Gasteiger charge is -2.24. The monoisotopic (exact) mass is 342 g/mol. The molecule has 0 radical (unpaired) electrons. The van der Waals surface area contributed by atoms with E-state index in [0.717, 1.165) is 12.8 Å². The highest BCUT2D eigenvalue weighted by molar-refractivity contribution is 5.95. The number of carbonyl (C=O) groups is 1. The number of nitrogens with one attached hydrogen (secondary N) is 1. The molecule has 0 aliphatic heterocycles. The van der Waals surface area contributed by atoms with Gasteiger partial charge in [-0.3, -0.25) is 4.79 Å². The Labute approximate surface area is 144 Å². The predicted molar refractivity (Wildman–Crippen MR) is 93.7 cm³/mol. The number of ether oxygens (including phenoxy) is 2. The highest BCUT2D eigenvalue weighted by atomic mass is 35.5. The van der Waals surface area contributed by atoms with Gasteiger partial charge in [0.2, 0.25) is 0 Å². The molecule has 6 heteroatoms. The molecule has 0 bridgehead atoms. The quantitative estimate of drug-likeness (QED) is 0.833. The minimum atomic E-state index is -0.441. The first-order chi connectivity index (χ1) is 10.4. The zero-order chi connectivity index (χ0) is 16.2. The van der Waals surface area contributed by atoms with Gasteiger partial charge in [0.25, 0.3) is 5.91 Å². The van der Waals surface area contributed by atoms with Crippen LogP contribution in [0.2, 0.25) is 0 Å². The predicted octanol–water partition coefficient (Wildman–Crippen LogP) is 2.91. The second kappa shape index (κ2) is 8.41. The van der Waals surface area contributed by atoms with E-state index in [1.165, 1.54) is 12.8 Å². The number of carbonyl (C=O) groups excluding carboxylic acids is 1. The van der Waals surface area contributed by atoms with Crippen molar-refractivity contribution in [2.75, 3.05) is 13.7 Å². The summed E-state index contributed by atoms with van der Waals surface area (Å²) in [6, 6.07) is 5.28. The fraction of sp³-hybridized carbons (Fsp3) is 0.588. The molecular formula is C17H27ClN2O3. The maximum atomic E-state index is 12.3. The standard InChI is InChI=1S/C17H26N2O3.ClH/c1-17(2,11-18)19-16(20)12-8-9-14(15(10-12)21-3)22-13-6-4-5-7-13;/h8-10,13H,4-7,11,18H2,1-3H3,(H,19,20);1H. The Bertz CT molecular complexity index is 529. The molecule has 0 unspecified atom stereocenters. The Balaban J connectivity index is 0.00000264. The van der Waals surface area contributed by atoms with Crippen LogP contribution in [0.5, 0.6) is 11.5 Å². The van der Waals surface area contributed by atoms with Crippen molar-refractivity contribution >= 4 is 18.3 Å². The third-order valence-corrected chi connectivity index (χ3v) is 3.98. The van der Waals surface area contributed by atoms with E-state index in [0.29, 0.717) is 23.6 Å². The molecule has 130 valence electrons. The molecule has 2 rings (SSSR count). The Morgan fingerprint density at radius 3 is 2.52 bits per heavy atom. The van der Waals surface area contributed by atoms with Crippen LogP contribution in [0.25, 0.3) is 0 Å². The van der Waals surface area contributed by atoms with Crippen molar-refractivity contribution in [3.8, 4) is 11.5 Å². The van der Waals surface area contributed by atoms with Crippen molar-refractivity contribution in [2.45, 2.75) is 51.2 Å². The topological polar surface area (TPSA) is 73.6 Å². The van der Waals surface area contributed by atoms with E-state index in [-0.39, 0.29) is 24.4 Å². The summed E-state index contributed by atoms with van der Waals surface area (Å²) in [6.07, 6.45) is 4.83. The van der Waals surface area contributed by atoms with Crippen molar-refractivity contribution in [1.29, 1.82) is 0 Å². The van der Waals surface area contributed by atoms with E-state index in [2.05, 4.69) is 5.32 Å². The lowest BCUT2D eigenvalue weighted by molar-refractivity contribution is 0.0915. The van der Waals surface area contributed by atoms with Crippen molar-refractivity contribution in [3.05, 3.63) is 23.8 Å². The summed E-state index contributed by atoms with van der Waals surface area (Å²) in [5.41, 5.74) is 5.74. The minimum Gasteiger partial charge on any atom is -0.493 e. The summed E-state index contributed by atoms with van der Waals surface area (Å²) in [5, 5.41) is 2.91. The van der Waals surface area contributed by atoms with Gasteiger partial charge in [-0.15, -0.1) is 12.4 Å². The lowest BCUT2D eigenvalue weighted by Crippen LogP contribution is -2.48. The van der Waals surface area contributed by atoms with Crippen LogP contribution >= 0.6 is 12.4 Å². The summed E-state index contributed by atoms with van der Waals surface area (Å²) in [4.78, 5) is 12.3. The van der Waals surface area contributed by atoms with Gasteiger partial charge in [-0.25, -0.2) is 0 Å². The number of amides is 1. The SMILES string of the molecule is COc1cc(C(=O)NC(C)(C)CN)ccc1OC1CCCC1.Cl. The zero-order valence-electron chi connectivity index (χ0n) is 14.1. The van der Waals surface area contributed by atoms with Gasteiger partial charge in [-0.2, -0.15) is 0 Å². The highest BCUT2D eigenvalue weighted by Crippen LogP contribution is 2.32. The maximum Gasteiger partial charge on any atom is 0.251 e. The van der Waals surface area contributed by atoms with Crippen LogP contribution in [0, 0.1) is 0 Å². The van der Waals surface area contributed by atoms with E-state index in [1.807, 2.05) is 19.9 Å². The Morgan fingerprint density at radius 2 is 1.96 bits per heavy atom. The van der Waals surface area contributed by atoms with E-state index in [1.54, 1.807) is 19.2 Å². The molecule has 1 saturated carbocycles. The number of nitrogens with two attached hydrogens (primary N) is 1. The summed E-state index contributed by atoms with van der Waals surface area (Å²) in [6.45, 7) is 4.15. The molecule has 0 saturated heterocycles. The Hall–Kier alpha value is -1.46. The van der Waals surface area contributed by atoms with Gasteiger partial charge in [-0.05, 0) is 57.7 Å². The fourth-order valence-corrected chi connectivity index (χ4v) is 2.52. The van der Waals surface area contributed by atoms with Crippen molar-refractivity contribution in [2.24, 2.45) is 5.73 Å².